The third-order valence-electron chi connectivity index (χ3n) is 5.02. The number of nitrogens with one attached hydrogen (secondary N) is 1. The minimum atomic E-state index is -0.238. The number of ether oxygens (including phenoxy) is 2. The lowest BCUT2D eigenvalue weighted by Crippen LogP contribution is -2.50. The highest BCUT2D eigenvalue weighted by Gasteiger charge is 2.23. The Labute approximate surface area is 179 Å². The highest BCUT2D eigenvalue weighted by atomic mass is 35.5. The molecule has 0 unspecified atom stereocenters. The zero-order chi connectivity index (χ0) is 21.1. The quantitative estimate of drug-likeness (QED) is 0.684. The van der Waals surface area contributed by atoms with Crippen LogP contribution in [0.2, 0.25) is 5.02 Å². The molecule has 2 aromatic carbocycles. The fourth-order valence-corrected chi connectivity index (χ4v) is 3.54. The Morgan fingerprint density at radius 2 is 1.70 bits per heavy atom. The highest BCUT2D eigenvalue weighted by Crippen LogP contribution is 2.26. The van der Waals surface area contributed by atoms with Crippen molar-refractivity contribution in [1.82, 2.24) is 14.9 Å². The number of nitrogens with zero attached hydrogens (tertiary/aromatic N) is 4. The molecule has 2 amide bonds. The van der Waals surface area contributed by atoms with E-state index in [1.54, 1.807) is 30.2 Å². The third kappa shape index (κ3) is 4.18. The van der Waals surface area contributed by atoms with Crippen molar-refractivity contribution in [3.63, 3.8) is 0 Å². The van der Waals surface area contributed by atoms with Gasteiger partial charge in [-0.2, -0.15) is 0 Å². The third-order valence-corrected chi connectivity index (χ3v) is 5.25. The Bertz CT molecular complexity index is 1050. The molecule has 3 aromatic rings. The molecular formula is C21H22ClN5O3. The number of carbonyl (C=O) groups excluding carboxylic acids is 1. The molecule has 1 N–H and O–H groups in total. The van der Waals surface area contributed by atoms with Gasteiger partial charge in [-0.1, -0.05) is 11.6 Å². The second kappa shape index (κ2) is 8.62. The Balaban J connectivity index is 1.43. The van der Waals surface area contributed by atoms with E-state index in [1.807, 2.05) is 24.3 Å². The standard InChI is InChI=1S/C21H22ClN5O3/c1-29-16-6-4-15(5-7-16)26-9-11-27(12-10-26)21(28)25-19-20(30-2)24-17-8-3-14(22)13-18(17)23-19/h3-8,13H,9-12H2,1-2H3,(H,23,25,28). The van der Waals surface area contributed by atoms with Gasteiger partial charge >= 0.3 is 6.03 Å². The van der Waals surface area contributed by atoms with Gasteiger partial charge in [-0.05, 0) is 42.5 Å². The van der Waals surface area contributed by atoms with Gasteiger partial charge in [0, 0.05) is 36.9 Å². The number of urea groups is 1. The van der Waals surface area contributed by atoms with Crippen LogP contribution in [0, 0.1) is 0 Å². The van der Waals surface area contributed by atoms with E-state index in [2.05, 4.69) is 20.2 Å². The number of carbonyl (C=O) groups is 1. The maximum Gasteiger partial charge on any atom is 0.323 e. The molecule has 0 saturated carbocycles. The van der Waals surface area contributed by atoms with Crippen molar-refractivity contribution < 1.29 is 14.3 Å². The minimum absolute atomic E-state index is 0.238. The first-order valence-corrected chi connectivity index (χ1v) is 9.91. The summed E-state index contributed by atoms with van der Waals surface area (Å²) in [6, 6.07) is 12.9. The second-order valence-corrected chi connectivity index (χ2v) is 7.25. The molecule has 9 heteroatoms. The molecule has 30 heavy (non-hydrogen) atoms. The topological polar surface area (TPSA) is 79.8 Å². The molecule has 1 aliphatic rings. The molecule has 1 aliphatic heterocycles. The van der Waals surface area contributed by atoms with Crippen molar-refractivity contribution in [2.45, 2.75) is 0 Å². The maximum absolute atomic E-state index is 12.8. The Kier molecular flexibility index (Phi) is 5.76. The average molecular weight is 428 g/mol. The van der Waals surface area contributed by atoms with E-state index >= 15 is 0 Å². The van der Waals surface area contributed by atoms with Crippen LogP contribution in [-0.4, -0.2) is 61.3 Å². The van der Waals surface area contributed by atoms with E-state index in [0.29, 0.717) is 29.1 Å². The monoisotopic (exact) mass is 427 g/mol. The number of hydrogen-bond donors (Lipinski definition) is 1. The van der Waals surface area contributed by atoms with Crippen molar-refractivity contribution in [3.05, 3.63) is 47.5 Å². The van der Waals surface area contributed by atoms with E-state index in [-0.39, 0.29) is 17.7 Å². The summed E-state index contributed by atoms with van der Waals surface area (Å²) in [5, 5.41) is 3.37. The molecule has 0 atom stereocenters. The zero-order valence-electron chi connectivity index (χ0n) is 16.8. The Morgan fingerprint density at radius 3 is 2.37 bits per heavy atom. The van der Waals surface area contributed by atoms with Crippen LogP contribution in [0.1, 0.15) is 0 Å². The Morgan fingerprint density at radius 1 is 0.967 bits per heavy atom. The summed E-state index contributed by atoms with van der Waals surface area (Å²) in [5.41, 5.74) is 2.33. The lowest BCUT2D eigenvalue weighted by Gasteiger charge is -2.36. The number of aromatic nitrogens is 2. The van der Waals surface area contributed by atoms with Crippen molar-refractivity contribution in [2.75, 3.05) is 50.6 Å². The van der Waals surface area contributed by atoms with E-state index in [9.17, 15) is 4.79 Å². The van der Waals surface area contributed by atoms with Crippen LogP contribution in [0.3, 0.4) is 0 Å². The van der Waals surface area contributed by atoms with Gasteiger partial charge in [-0.25, -0.2) is 14.8 Å². The van der Waals surface area contributed by atoms with E-state index in [0.717, 1.165) is 24.5 Å². The average Bonchev–Trinajstić information content (AvgIpc) is 2.78. The molecule has 156 valence electrons. The van der Waals surface area contributed by atoms with Crippen molar-refractivity contribution >= 4 is 40.2 Å². The number of benzene rings is 2. The predicted octanol–water partition coefficient (Wildman–Crippen LogP) is 3.65. The molecule has 0 aliphatic carbocycles. The molecule has 0 spiro atoms. The van der Waals surface area contributed by atoms with Gasteiger partial charge in [-0.15, -0.1) is 0 Å². The SMILES string of the molecule is COc1ccc(N2CCN(C(=O)Nc3nc4cc(Cl)ccc4nc3OC)CC2)cc1. The van der Waals surface area contributed by atoms with Crippen molar-refractivity contribution in [3.8, 4) is 11.6 Å². The number of fused-ring (bicyclic) bond motifs is 1. The number of methoxy groups -OCH3 is 2. The van der Waals surface area contributed by atoms with Gasteiger partial charge in [0.05, 0.1) is 25.3 Å². The predicted molar refractivity (Wildman–Crippen MR) is 117 cm³/mol. The summed E-state index contributed by atoms with van der Waals surface area (Å²) in [7, 11) is 3.14. The van der Waals surface area contributed by atoms with E-state index < -0.39 is 0 Å². The van der Waals surface area contributed by atoms with Crippen molar-refractivity contribution in [1.29, 1.82) is 0 Å². The molecule has 4 rings (SSSR count). The molecule has 1 saturated heterocycles. The lowest BCUT2D eigenvalue weighted by atomic mass is 10.2. The first-order chi connectivity index (χ1) is 14.6. The Hall–Kier alpha value is -3.26. The number of piperazine rings is 1. The number of amides is 2. The zero-order valence-corrected chi connectivity index (χ0v) is 17.5. The van der Waals surface area contributed by atoms with Crippen molar-refractivity contribution in [2.24, 2.45) is 0 Å². The molecular weight excluding hydrogens is 406 g/mol. The van der Waals surface area contributed by atoms with Crippen LogP contribution in [-0.2, 0) is 0 Å². The fraction of sp³-hybridized carbons (Fsp3) is 0.286. The van der Waals surface area contributed by atoms with Gasteiger partial charge in [0.25, 0.3) is 5.88 Å². The van der Waals surface area contributed by atoms with Crippen LogP contribution >= 0.6 is 11.6 Å². The fourth-order valence-electron chi connectivity index (χ4n) is 3.38. The summed E-state index contributed by atoms with van der Waals surface area (Å²) >= 11 is 6.05. The smallest absolute Gasteiger partial charge is 0.323 e. The highest BCUT2D eigenvalue weighted by molar-refractivity contribution is 6.31. The van der Waals surface area contributed by atoms with Gasteiger partial charge in [0.2, 0.25) is 0 Å². The van der Waals surface area contributed by atoms with Gasteiger partial charge in [-0.3, -0.25) is 5.32 Å². The lowest BCUT2D eigenvalue weighted by molar-refractivity contribution is 0.208. The maximum atomic E-state index is 12.8. The molecule has 0 bridgehead atoms. The molecule has 0 radical (unpaired) electrons. The summed E-state index contributed by atoms with van der Waals surface area (Å²) < 4.78 is 10.5. The minimum Gasteiger partial charge on any atom is -0.497 e. The summed E-state index contributed by atoms with van der Waals surface area (Å²) in [5.74, 6) is 1.35. The summed E-state index contributed by atoms with van der Waals surface area (Å²) in [6.45, 7) is 2.64. The van der Waals surface area contributed by atoms with Crippen LogP contribution in [0.5, 0.6) is 11.6 Å². The second-order valence-electron chi connectivity index (χ2n) is 6.82. The number of anilines is 2. The van der Waals surface area contributed by atoms with Crippen LogP contribution < -0.4 is 19.7 Å². The molecule has 1 aromatic heterocycles. The molecule has 2 heterocycles. The number of hydrogen-bond acceptors (Lipinski definition) is 6. The molecule has 1 fully saturated rings. The van der Waals surface area contributed by atoms with Gasteiger partial charge in [0.15, 0.2) is 5.82 Å². The molecule has 8 nitrogen and oxygen atoms in total. The van der Waals surface area contributed by atoms with Gasteiger partial charge < -0.3 is 19.3 Å². The van der Waals surface area contributed by atoms with Crippen LogP contribution in [0.15, 0.2) is 42.5 Å². The largest absolute Gasteiger partial charge is 0.497 e. The first-order valence-electron chi connectivity index (χ1n) is 9.53. The van der Waals surface area contributed by atoms with E-state index in [4.69, 9.17) is 21.1 Å². The van der Waals surface area contributed by atoms with Crippen LogP contribution in [0.25, 0.3) is 11.0 Å². The summed E-state index contributed by atoms with van der Waals surface area (Å²) in [6.07, 6.45) is 0. The summed E-state index contributed by atoms with van der Waals surface area (Å²) in [4.78, 5) is 25.7. The first kappa shape index (κ1) is 20.0. The van der Waals surface area contributed by atoms with Crippen LogP contribution in [0.4, 0.5) is 16.3 Å². The number of rotatable bonds is 4. The normalized spacial score (nSPS) is 14.0. The number of halogens is 1. The van der Waals surface area contributed by atoms with E-state index in [1.165, 1.54) is 7.11 Å². The van der Waals surface area contributed by atoms with Gasteiger partial charge in [0.1, 0.15) is 5.75 Å².